The van der Waals surface area contributed by atoms with E-state index in [1.54, 1.807) is 5.01 Å². The molecule has 0 unspecified atom stereocenters. The first-order chi connectivity index (χ1) is 9.24. The Hall–Kier alpha value is -2.70. The summed E-state index contributed by atoms with van der Waals surface area (Å²) in [6.07, 6.45) is 0. The SMILES string of the molecule is [N-]=[N+]=NCOC(=O)C1=C(N)N(c2ccccc2)NC1. The van der Waals surface area contributed by atoms with Gasteiger partial charge in [0.05, 0.1) is 17.8 Å². The Kier molecular flexibility index (Phi) is 3.87. The second kappa shape index (κ2) is 5.76. The number of nitrogens with zero attached hydrogens (tertiary/aromatic N) is 4. The molecule has 1 aromatic rings. The summed E-state index contributed by atoms with van der Waals surface area (Å²) in [5.74, 6) is -0.326. The average molecular weight is 260 g/mol. The summed E-state index contributed by atoms with van der Waals surface area (Å²) in [7, 11) is 0. The third kappa shape index (κ3) is 2.76. The first kappa shape index (κ1) is 12.7. The number of hydrazine groups is 1. The number of carbonyl (C=O) groups excluding carboxylic acids is 1. The summed E-state index contributed by atoms with van der Waals surface area (Å²) in [6.45, 7) is -0.0900. The summed E-state index contributed by atoms with van der Waals surface area (Å²) in [6, 6.07) is 9.32. The van der Waals surface area contributed by atoms with Gasteiger partial charge in [-0.15, -0.1) is 0 Å². The zero-order valence-corrected chi connectivity index (χ0v) is 9.98. The van der Waals surface area contributed by atoms with Crippen LogP contribution in [0, 0.1) is 0 Å². The molecule has 0 aliphatic carbocycles. The number of esters is 1. The van der Waals surface area contributed by atoms with E-state index in [4.69, 9.17) is 16.0 Å². The van der Waals surface area contributed by atoms with Gasteiger partial charge in [-0.2, -0.15) is 0 Å². The van der Waals surface area contributed by atoms with Crippen LogP contribution in [-0.2, 0) is 9.53 Å². The zero-order valence-electron chi connectivity index (χ0n) is 9.98. The molecule has 1 heterocycles. The molecule has 0 radical (unpaired) electrons. The third-order valence-electron chi connectivity index (χ3n) is 2.54. The average Bonchev–Trinajstić information content (AvgIpc) is 2.82. The van der Waals surface area contributed by atoms with Crippen LogP contribution < -0.4 is 16.2 Å². The standard InChI is InChI=1S/C11H12N6O2/c12-10-9(11(18)19-7-14-16-13)6-15-17(10)8-4-2-1-3-5-8/h1-5,15H,6-7,12H2. The number of rotatable bonds is 4. The number of ether oxygens (including phenoxy) is 1. The quantitative estimate of drug-likeness (QED) is 0.362. The Balaban J connectivity index is 2.12. The van der Waals surface area contributed by atoms with Crippen LogP contribution in [0.1, 0.15) is 0 Å². The van der Waals surface area contributed by atoms with Crippen LogP contribution in [0.5, 0.6) is 0 Å². The molecule has 0 atom stereocenters. The molecule has 1 aromatic carbocycles. The van der Waals surface area contributed by atoms with Crippen molar-refractivity contribution in [3.05, 3.63) is 52.2 Å². The van der Waals surface area contributed by atoms with Crippen LogP contribution in [0.25, 0.3) is 10.4 Å². The van der Waals surface area contributed by atoms with Crippen LogP contribution >= 0.6 is 0 Å². The summed E-state index contributed by atoms with van der Waals surface area (Å²) >= 11 is 0. The van der Waals surface area contributed by atoms with Gasteiger partial charge in [0, 0.05) is 4.91 Å². The zero-order chi connectivity index (χ0) is 13.7. The van der Waals surface area contributed by atoms with Gasteiger partial charge in [0.2, 0.25) is 0 Å². The van der Waals surface area contributed by atoms with E-state index in [0.717, 1.165) is 5.69 Å². The minimum Gasteiger partial charge on any atom is -0.456 e. The van der Waals surface area contributed by atoms with Gasteiger partial charge in [-0.05, 0) is 17.7 Å². The van der Waals surface area contributed by atoms with Crippen LogP contribution in [0.3, 0.4) is 0 Å². The van der Waals surface area contributed by atoms with Crippen LogP contribution in [-0.4, -0.2) is 19.2 Å². The second-order valence-electron chi connectivity index (χ2n) is 3.66. The number of azide groups is 1. The fourth-order valence-corrected chi connectivity index (χ4v) is 1.65. The number of carbonyl (C=O) groups is 1. The van der Waals surface area contributed by atoms with Gasteiger partial charge in [-0.1, -0.05) is 23.3 Å². The molecule has 0 fully saturated rings. The Morgan fingerprint density at radius 3 is 2.95 bits per heavy atom. The number of hydrogen-bond donors (Lipinski definition) is 2. The molecule has 8 nitrogen and oxygen atoms in total. The van der Waals surface area contributed by atoms with Crippen molar-refractivity contribution in [1.29, 1.82) is 0 Å². The normalized spacial score (nSPS) is 14.2. The molecule has 1 aliphatic heterocycles. The Labute approximate surface area is 109 Å². The van der Waals surface area contributed by atoms with Crippen molar-refractivity contribution in [3.8, 4) is 0 Å². The van der Waals surface area contributed by atoms with Crippen LogP contribution in [0.2, 0.25) is 0 Å². The highest BCUT2D eigenvalue weighted by molar-refractivity contribution is 5.91. The largest absolute Gasteiger partial charge is 0.456 e. The van der Waals surface area contributed by atoms with Gasteiger partial charge >= 0.3 is 5.97 Å². The van der Waals surface area contributed by atoms with Crippen molar-refractivity contribution in [3.63, 3.8) is 0 Å². The molecular weight excluding hydrogens is 248 g/mol. The van der Waals surface area contributed by atoms with Gasteiger partial charge in [0.15, 0.2) is 6.73 Å². The summed E-state index contributed by atoms with van der Waals surface area (Å²) in [4.78, 5) is 14.2. The maximum absolute atomic E-state index is 11.7. The number of nitrogens with one attached hydrogen (secondary N) is 1. The van der Waals surface area contributed by atoms with Gasteiger partial charge in [-0.3, -0.25) is 5.01 Å². The van der Waals surface area contributed by atoms with Crippen LogP contribution in [0.15, 0.2) is 46.8 Å². The molecule has 0 bridgehead atoms. The highest BCUT2D eigenvalue weighted by atomic mass is 16.5. The molecule has 98 valence electrons. The molecule has 3 N–H and O–H groups in total. The van der Waals surface area contributed by atoms with E-state index >= 15 is 0 Å². The lowest BCUT2D eigenvalue weighted by atomic mass is 10.2. The Bertz CT molecular complexity index is 550. The summed E-state index contributed by atoms with van der Waals surface area (Å²) < 4.78 is 4.76. The van der Waals surface area contributed by atoms with Crippen molar-refractivity contribution < 1.29 is 9.53 Å². The molecule has 19 heavy (non-hydrogen) atoms. The fourth-order valence-electron chi connectivity index (χ4n) is 1.65. The predicted octanol–water partition coefficient (Wildman–Crippen LogP) is 0.992. The van der Waals surface area contributed by atoms with E-state index in [-0.39, 0.29) is 19.1 Å². The Morgan fingerprint density at radius 1 is 1.53 bits per heavy atom. The number of benzene rings is 1. The molecule has 0 aromatic heterocycles. The molecular formula is C11H12N6O2. The van der Waals surface area contributed by atoms with Gasteiger partial charge in [-0.25, -0.2) is 10.2 Å². The minimum absolute atomic E-state index is 0.260. The van der Waals surface area contributed by atoms with E-state index in [1.165, 1.54) is 0 Å². The molecule has 0 saturated heterocycles. The number of hydrogen-bond acceptors (Lipinski definition) is 6. The van der Waals surface area contributed by atoms with E-state index in [9.17, 15) is 4.79 Å². The Morgan fingerprint density at radius 2 is 2.26 bits per heavy atom. The van der Waals surface area contributed by atoms with Gasteiger partial charge in [0.1, 0.15) is 5.82 Å². The molecule has 0 amide bonds. The van der Waals surface area contributed by atoms with Crippen molar-refractivity contribution in [2.75, 3.05) is 18.3 Å². The van der Waals surface area contributed by atoms with Crippen molar-refractivity contribution in [2.45, 2.75) is 0 Å². The first-order valence-electron chi connectivity index (χ1n) is 5.49. The molecule has 0 spiro atoms. The minimum atomic E-state index is -0.601. The van der Waals surface area contributed by atoms with E-state index in [1.807, 2.05) is 30.3 Å². The third-order valence-corrected chi connectivity index (χ3v) is 2.54. The molecule has 2 rings (SSSR count). The highest BCUT2D eigenvalue weighted by Gasteiger charge is 2.26. The topological polar surface area (TPSA) is 116 Å². The lowest BCUT2D eigenvalue weighted by Crippen LogP contribution is -2.34. The number of anilines is 1. The fraction of sp³-hybridized carbons (Fsp3) is 0.182. The monoisotopic (exact) mass is 260 g/mol. The molecule has 8 heteroatoms. The van der Waals surface area contributed by atoms with Crippen molar-refractivity contribution >= 4 is 11.7 Å². The smallest absolute Gasteiger partial charge is 0.339 e. The lowest BCUT2D eigenvalue weighted by molar-refractivity contribution is -0.138. The van der Waals surface area contributed by atoms with Crippen molar-refractivity contribution in [1.82, 2.24) is 5.43 Å². The highest BCUT2D eigenvalue weighted by Crippen LogP contribution is 2.20. The summed E-state index contributed by atoms with van der Waals surface area (Å²) in [5, 5.41) is 4.73. The first-order valence-corrected chi connectivity index (χ1v) is 5.49. The number of nitrogens with two attached hydrogens (primary N) is 1. The summed E-state index contributed by atoms with van der Waals surface area (Å²) in [5.41, 5.74) is 18.1. The van der Waals surface area contributed by atoms with Crippen LogP contribution in [0.4, 0.5) is 5.69 Å². The second-order valence-corrected chi connectivity index (χ2v) is 3.66. The predicted molar refractivity (Wildman–Crippen MR) is 68.2 cm³/mol. The van der Waals surface area contributed by atoms with Gasteiger partial charge in [0.25, 0.3) is 0 Å². The van der Waals surface area contributed by atoms with Crippen molar-refractivity contribution in [2.24, 2.45) is 10.8 Å². The van der Waals surface area contributed by atoms with E-state index < -0.39 is 5.97 Å². The lowest BCUT2D eigenvalue weighted by Gasteiger charge is -2.19. The molecule has 1 aliphatic rings. The number of para-hydroxylation sites is 1. The maximum Gasteiger partial charge on any atom is 0.339 e. The maximum atomic E-state index is 11.7. The molecule has 0 saturated carbocycles. The van der Waals surface area contributed by atoms with Gasteiger partial charge < -0.3 is 10.5 Å². The van der Waals surface area contributed by atoms with E-state index in [0.29, 0.717) is 5.57 Å². The van der Waals surface area contributed by atoms with E-state index in [2.05, 4.69) is 15.5 Å².